The van der Waals surface area contributed by atoms with Crippen LogP contribution in [0.4, 0.5) is 4.39 Å². The Morgan fingerprint density at radius 2 is 1.41 bits per heavy atom. The molecular formula is C18H16FNO2. The zero-order valence-corrected chi connectivity index (χ0v) is 12.0. The van der Waals surface area contributed by atoms with Crippen LogP contribution in [0.25, 0.3) is 0 Å². The summed E-state index contributed by atoms with van der Waals surface area (Å²) in [5, 5.41) is 0. The number of benzene rings is 2. The van der Waals surface area contributed by atoms with Crippen LogP contribution in [-0.2, 0) is 0 Å². The summed E-state index contributed by atoms with van der Waals surface area (Å²) < 4.78 is 14.1. The number of hydrogen-bond acceptors (Lipinski definition) is 2. The maximum atomic E-state index is 14.1. The predicted molar refractivity (Wildman–Crippen MR) is 81.3 cm³/mol. The second-order valence-corrected chi connectivity index (χ2v) is 5.33. The number of carbonyl (C=O) groups excluding carboxylic acids is 2. The van der Waals surface area contributed by atoms with E-state index in [9.17, 15) is 14.0 Å². The van der Waals surface area contributed by atoms with Gasteiger partial charge in [-0.1, -0.05) is 42.5 Å². The molecule has 0 bridgehead atoms. The molecule has 22 heavy (non-hydrogen) atoms. The van der Waals surface area contributed by atoms with Crippen molar-refractivity contribution in [2.45, 2.75) is 19.0 Å². The van der Waals surface area contributed by atoms with E-state index in [0.29, 0.717) is 23.1 Å². The van der Waals surface area contributed by atoms with Crippen LogP contribution in [0.5, 0.6) is 0 Å². The van der Waals surface area contributed by atoms with Gasteiger partial charge in [-0.3, -0.25) is 14.5 Å². The minimum atomic E-state index is -1.07. The fraction of sp³-hybridized carbons (Fsp3) is 0.222. The van der Waals surface area contributed by atoms with Crippen LogP contribution in [0, 0.1) is 0 Å². The highest BCUT2D eigenvalue weighted by Gasteiger charge is 2.34. The van der Waals surface area contributed by atoms with Gasteiger partial charge in [0.15, 0.2) is 0 Å². The fourth-order valence-electron chi connectivity index (χ4n) is 2.70. The average Bonchev–Trinajstić information content (AvgIpc) is 2.81. The molecular weight excluding hydrogens is 281 g/mol. The smallest absolute Gasteiger partial charge is 0.261 e. The van der Waals surface area contributed by atoms with E-state index in [-0.39, 0.29) is 24.8 Å². The molecule has 4 heteroatoms. The molecule has 0 fully saturated rings. The van der Waals surface area contributed by atoms with Crippen LogP contribution in [0.3, 0.4) is 0 Å². The molecule has 3 rings (SSSR count). The molecule has 3 nitrogen and oxygen atoms in total. The molecule has 112 valence electrons. The highest BCUT2D eigenvalue weighted by atomic mass is 19.1. The quantitative estimate of drug-likeness (QED) is 0.788. The first kappa shape index (κ1) is 14.4. The Bertz CT molecular complexity index is 664. The minimum Gasteiger partial charge on any atom is -0.274 e. The Labute approximate surface area is 128 Å². The van der Waals surface area contributed by atoms with E-state index in [2.05, 4.69) is 0 Å². The normalized spacial score (nSPS) is 15.0. The summed E-state index contributed by atoms with van der Waals surface area (Å²) in [7, 11) is 0. The molecule has 1 heterocycles. The number of fused-ring (bicyclic) bond motifs is 1. The van der Waals surface area contributed by atoms with Gasteiger partial charge in [-0.2, -0.15) is 0 Å². The van der Waals surface area contributed by atoms with Gasteiger partial charge in [-0.25, -0.2) is 4.39 Å². The lowest BCUT2D eigenvalue weighted by Gasteiger charge is -2.14. The zero-order valence-electron chi connectivity index (χ0n) is 12.0. The van der Waals surface area contributed by atoms with Gasteiger partial charge in [0.2, 0.25) is 0 Å². The summed E-state index contributed by atoms with van der Waals surface area (Å²) in [6.07, 6.45) is -0.338. The Hall–Kier alpha value is -2.49. The van der Waals surface area contributed by atoms with Crippen molar-refractivity contribution in [3.8, 4) is 0 Å². The molecule has 1 atom stereocenters. The van der Waals surface area contributed by atoms with Crippen LogP contribution in [0.15, 0.2) is 54.6 Å². The van der Waals surface area contributed by atoms with Crippen LogP contribution >= 0.6 is 0 Å². The van der Waals surface area contributed by atoms with Crippen molar-refractivity contribution < 1.29 is 14.0 Å². The molecule has 2 aromatic carbocycles. The average molecular weight is 297 g/mol. The minimum absolute atomic E-state index is 0.250. The molecule has 0 aromatic heterocycles. The van der Waals surface area contributed by atoms with E-state index < -0.39 is 6.17 Å². The summed E-state index contributed by atoms with van der Waals surface area (Å²) in [6, 6.07) is 15.7. The van der Waals surface area contributed by atoms with Crippen molar-refractivity contribution in [3.05, 3.63) is 71.3 Å². The lowest BCUT2D eigenvalue weighted by Crippen LogP contribution is -2.30. The largest absolute Gasteiger partial charge is 0.274 e. The first-order valence-electron chi connectivity index (χ1n) is 7.32. The highest BCUT2D eigenvalue weighted by molar-refractivity contribution is 6.21. The van der Waals surface area contributed by atoms with Gasteiger partial charge < -0.3 is 0 Å². The number of nitrogens with zero attached hydrogens (tertiary/aromatic N) is 1. The molecule has 0 spiro atoms. The number of alkyl halides is 1. The van der Waals surface area contributed by atoms with Crippen molar-refractivity contribution in [2.75, 3.05) is 6.54 Å². The molecule has 1 aliphatic heterocycles. The Balaban J connectivity index is 1.59. The van der Waals surface area contributed by atoms with Crippen molar-refractivity contribution in [2.24, 2.45) is 0 Å². The number of hydrogen-bond donors (Lipinski definition) is 0. The van der Waals surface area contributed by atoms with Crippen LogP contribution in [-0.4, -0.2) is 23.3 Å². The molecule has 0 saturated carbocycles. The number of imide groups is 1. The second-order valence-electron chi connectivity index (χ2n) is 5.33. The summed E-state index contributed by atoms with van der Waals surface area (Å²) in [6.45, 7) is 0.250. The third kappa shape index (κ3) is 2.64. The third-order valence-electron chi connectivity index (χ3n) is 3.88. The van der Waals surface area contributed by atoms with Crippen molar-refractivity contribution in [3.63, 3.8) is 0 Å². The number of carbonyl (C=O) groups is 2. The molecule has 0 aliphatic carbocycles. The maximum absolute atomic E-state index is 14.1. The summed E-state index contributed by atoms with van der Waals surface area (Å²) in [4.78, 5) is 25.5. The van der Waals surface area contributed by atoms with Crippen LogP contribution in [0.2, 0.25) is 0 Å². The van der Waals surface area contributed by atoms with Gasteiger partial charge in [0, 0.05) is 6.54 Å². The number of amides is 2. The number of halogens is 1. The first-order chi connectivity index (χ1) is 10.7. The summed E-state index contributed by atoms with van der Waals surface area (Å²) >= 11 is 0. The molecule has 2 aromatic rings. The van der Waals surface area contributed by atoms with Crippen LogP contribution in [0.1, 0.15) is 45.3 Å². The lowest BCUT2D eigenvalue weighted by atomic mass is 10.1. The van der Waals surface area contributed by atoms with Gasteiger partial charge in [-0.05, 0) is 30.5 Å². The zero-order chi connectivity index (χ0) is 15.5. The van der Waals surface area contributed by atoms with Crippen molar-refractivity contribution >= 4 is 11.8 Å². The second kappa shape index (κ2) is 6.10. The monoisotopic (exact) mass is 297 g/mol. The van der Waals surface area contributed by atoms with Gasteiger partial charge >= 0.3 is 0 Å². The van der Waals surface area contributed by atoms with Gasteiger partial charge in [0.25, 0.3) is 11.8 Å². The summed E-state index contributed by atoms with van der Waals surface area (Å²) in [5.74, 6) is -0.563. The molecule has 0 N–H and O–H groups in total. The molecule has 0 saturated heterocycles. The predicted octanol–water partition coefficient (Wildman–Crippen LogP) is 3.77. The fourth-order valence-corrected chi connectivity index (χ4v) is 2.70. The van der Waals surface area contributed by atoms with E-state index in [1.54, 1.807) is 48.5 Å². The Kier molecular flexibility index (Phi) is 4.00. The molecule has 1 aliphatic rings. The van der Waals surface area contributed by atoms with Crippen LogP contribution < -0.4 is 0 Å². The lowest BCUT2D eigenvalue weighted by molar-refractivity contribution is 0.0648. The standard InChI is InChI=1S/C18H16FNO2/c19-16(13-7-2-1-3-8-13)11-6-12-20-17(21)14-9-4-5-10-15(14)18(20)22/h1-5,7-10,16H,6,11-12H2. The topological polar surface area (TPSA) is 37.4 Å². The molecule has 1 unspecified atom stereocenters. The van der Waals surface area contributed by atoms with Crippen molar-refractivity contribution in [1.82, 2.24) is 4.90 Å². The van der Waals surface area contributed by atoms with E-state index in [1.165, 1.54) is 4.90 Å². The Morgan fingerprint density at radius 3 is 2.00 bits per heavy atom. The highest BCUT2D eigenvalue weighted by Crippen LogP contribution is 2.25. The summed E-state index contributed by atoms with van der Waals surface area (Å²) in [5.41, 5.74) is 1.50. The first-order valence-corrected chi connectivity index (χ1v) is 7.32. The maximum Gasteiger partial charge on any atom is 0.261 e. The third-order valence-corrected chi connectivity index (χ3v) is 3.88. The molecule has 2 amide bonds. The van der Waals surface area contributed by atoms with Gasteiger partial charge in [-0.15, -0.1) is 0 Å². The van der Waals surface area contributed by atoms with Crippen molar-refractivity contribution in [1.29, 1.82) is 0 Å². The number of rotatable bonds is 5. The van der Waals surface area contributed by atoms with Gasteiger partial charge in [0.1, 0.15) is 6.17 Å². The molecule has 0 radical (unpaired) electrons. The van der Waals surface area contributed by atoms with Gasteiger partial charge in [0.05, 0.1) is 11.1 Å². The van der Waals surface area contributed by atoms with E-state index in [0.717, 1.165) is 0 Å². The van der Waals surface area contributed by atoms with E-state index in [1.807, 2.05) is 6.07 Å². The van der Waals surface area contributed by atoms with E-state index >= 15 is 0 Å². The van der Waals surface area contributed by atoms with E-state index in [4.69, 9.17) is 0 Å². The SMILES string of the molecule is O=C1c2ccccc2C(=O)N1CCCC(F)c1ccccc1. The Morgan fingerprint density at radius 1 is 0.864 bits per heavy atom.